The Morgan fingerprint density at radius 1 is 1.23 bits per heavy atom. The van der Waals surface area contributed by atoms with Gasteiger partial charge in [0.15, 0.2) is 0 Å². The monoisotopic (exact) mass is 567 g/mol. The molecule has 0 fully saturated rings. The maximum absolute atomic E-state index is 13.9. The molecule has 14 heteroatoms. The molecule has 2 aromatic carbocycles. The van der Waals surface area contributed by atoms with Crippen molar-refractivity contribution >= 4 is 57.5 Å². The molecule has 1 atom stereocenters. The number of amides is 2. The Morgan fingerprint density at radius 2 is 2.00 bits per heavy atom. The van der Waals surface area contributed by atoms with Crippen molar-refractivity contribution in [3.8, 4) is 11.8 Å². The average Bonchev–Trinajstić information content (AvgIpc) is 2.91. The van der Waals surface area contributed by atoms with Crippen LogP contribution < -0.4 is 27.2 Å². The quantitative estimate of drug-likeness (QED) is 0.198. The summed E-state index contributed by atoms with van der Waals surface area (Å²) in [5.74, 6) is 0.379. The number of aliphatic hydroxyl groups is 1. The van der Waals surface area contributed by atoms with Crippen LogP contribution in [0.4, 0.5) is 22.1 Å². The zero-order valence-electron chi connectivity index (χ0n) is 20.6. The van der Waals surface area contributed by atoms with Crippen molar-refractivity contribution in [3.05, 3.63) is 74.5 Å². The van der Waals surface area contributed by atoms with Gasteiger partial charge in [-0.25, -0.2) is 19.7 Å². The van der Waals surface area contributed by atoms with Gasteiger partial charge in [-0.3, -0.25) is 9.36 Å². The Bertz CT molecular complexity index is 1650. The van der Waals surface area contributed by atoms with Crippen molar-refractivity contribution in [1.29, 1.82) is 5.26 Å². The molecule has 39 heavy (non-hydrogen) atoms. The first kappa shape index (κ1) is 27.6. The lowest BCUT2D eigenvalue weighted by atomic mass is 10.2. The lowest BCUT2D eigenvalue weighted by molar-refractivity contribution is 0.249. The summed E-state index contributed by atoms with van der Waals surface area (Å²) in [6.45, 7) is 1.96. The summed E-state index contributed by atoms with van der Waals surface area (Å²) in [7, 11) is 0. The normalized spacial score (nSPS) is 11.6. The van der Waals surface area contributed by atoms with Crippen LogP contribution in [-0.2, 0) is 0 Å². The van der Waals surface area contributed by atoms with Gasteiger partial charge in [0, 0.05) is 18.8 Å². The van der Waals surface area contributed by atoms with E-state index in [0.717, 1.165) is 0 Å². The zero-order valence-corrected chi connectivity index (χ0v) is 22.1. The molecule has 6 N–H and O–H groups in total. The van der Waals surface area contributed by atoms with E-state index in [2.05, 4.69) is 25.9 Å². The first-order valence-electron chi connectivity index (χ1n) is 11.7. The molecule has 0 saturated carbocycles. The van der Waals surface area contributed by atoms with Crippen molar-refractivity contribution < 1.29 is 9.90 Å². The highest BCUT2D eigenvalue weighted by molar-refractivity contribution is 6.39. The van der Waals surface area contributed by atoms with Crippen LogP contribution in [0.5, 0.6) is 0 Å². The van der Waals surface area contributed by atoms with Crippen LogP contribution in [0.15, 0.2) is 47.5 Å². The summed E-state index contributed by atoms with van der Waals surface area (Å²) >= 11 is 12.8. The molecule has 0 saturated heterocycles. The zero-order chi connectivity index (χ0) is 28.1. The minimum absolute atomic E-state index is 0.00284. The fraction of sp³-hybridized carbons (Fsp3) is 0.200. The third kappa shape index (κ3) is 5.85. The molecule has 0 aliphatic heterocycles. The number of hydrogen-bond donors (Lipinski definition) is 5. The number of hydrogen-bond acceptors (Lipinski definition) is 9. The maximum atomic E-state index is 13.9. The van der Waals surface area contributed by atoms with Crippen LogP contribution >= 0.6 is 23.2 Å². The van der Waals surface area contributed by atoms with Crippen molar-refractivity contribution in [2.24, 2.45) is 0 Å². The number of anilines is 3. The van der Waals surface area contributed by atoms with Crippen molar-refractivity contribution in [2.75, 3.05) is 29.5 Å². The predicted octanol–water partition coefficient (Wildman–Crippen LogP) is 3.61. The molecule has 4 rings (SSSR count). The lowest BCUT2D eigenvalue weighted by Gasteiger charge is -2.21. The van der Waals surface area contributed by atoms with Gasteiger partial charge >= 0.3 is 6.03 Å². The molecule has 4 aromatic rings. The van der Waals surface area contributed by atoms with Crippen molar-refractivity contribution in [2.45, 2.75) is 19.4 Å². The number of fused-ring (bicyclic) bond motifs is 1. The second-order valence-corrected chi connectivity index (χ2v) is 9.15. The van der Waals surface area contributed by atoms with E-state index < -0.39 is 17.6 Å². The summed E-state index contributed by atoms with van der Waals surface area (Å²) in [6, 6.07) is 10.4. The molecule has 12 nitrogen and oxygen atoms in total. The van der Waals surface area contributed by atoms with Gasteiger partial charge in [0.2, 0.25) is 0 Å². The minimum Gasteiger partial charge on any atom is -0.396 e. The van der Waals surface area contributed by atoms with E-state index in [1.165, 1.54) is 17.0 Å². The fourth-order valence-electron chi connectivity index (χ4n) is 3.84. The number of nitrogen functional groups attached to an aromatic ring is 1. The molecule has 2 aromatic heterocycles. The predicted molar refractivity (Wildman–Crippen MR) is 149 cm³/mol. The largest absolute Gasteiger partial charge is 0.396 e. The van der Waals surface area contributed by atoms with E-state index in [4.69, 9.17) is 39.0 Å². The standard InChI is InChI=1S/C25H23Cl2N9O3/c1-13(33-22-16(11-28)21(29)31-12-32-22)23-35-20-18(27)7-6-17(26)19(20)24(38)36(23)15-5-2-4-14(10-15)34-25(39)30-8-3-9-37/h2,4-7,10,12-13,37H,3,8-9H2,1H3,(H2,30,34,39)(H3,29,31,32,33). The van der Waals surface area contributed by atoms with Gasteiger partial charge < -0.3 is 26.8 Å². The van der Waals surface area contributed by atoms with Crippen LogP contribution in [0.2, 0.25) is 10.0 Å². The van der Waals surface area contributed by atoms with Gasteiger partial charge in [-0.05, 0) is 43.7 Å². The van der Waals surface area contributed by atoms with E-state index in [9.17, 15) is 14.9 Å². The molecule has 0 radical (unpaired) electrons. The van der Waals surface area contributed by atoms with Crippen molar-refractivity contribution in [1.82, 2.24) is 24.8 Å². The lowest BCUT2D eigenvalue weighted by Crippen LogP contribution is -2.30. The summed E-state index contributed by atoms with van der Waals surface area (Å²) in [4.78, 5) is 38.8. The highest BCUT2D eigenvalue weighted by Crippen LogP contribution is 2.30. The SMILES string of the molecule is CC(Nc1ncnc(N)c1C#N)c1nc2c(Cl)ccc(Cl)c2c(=O)n1-c1cccc(NC(=O)NCCCO)c1. The maximum Gasteiger partial charge on any atom is 0.319 e. The molecule has 200 valence electrons. The number of aromatic nitrogens is 4. The van der Waals surface area contributed by atoms with E-state index in [-0.39, 0.29) is 50.6 Å². The molecule has 0 bridgehead atoms. The molecule has 0 aliphatic carbocycles. The molecular weight excluding hydrogens is 545 g/mol. The number of nitrogens with two attached hydrogens (primary N) is 1. The first-order chi connectivity index (χ1) is 18.7. The van der Waals surface area contributed by atoms with Crippen LogP contribution in [0, 0.1) is 11.3 Å². The fourth-order valence-corrected chi connectivity index (χ4v) is 4.27. The molecule has 1 unspecified atom stereocenters. The molecule has 0 aliphatic rings. The Labute approximate surface area is 232 Å². The smallest absolute Gasteiger partial charge is 0.319 e. The highest BCUT2D eigenvalue weighted by Gasteiger charge is 2.22. The summed E-state index contributed by atoms with van der Waals surface area (Å²) in [5, 5.41) is 27.4. The topological polar surface area (TPSA) is 184 Å². The Morgan fingerprint density at radius 3 is 2.74 bits per heavy atom. The van der Waals surface area contributed by atoms with Crippen LogP contribution in [-0.4, -0.2) is 43.8 Å². The third-order valence-electron chi connectivity index (χ3n) is 5.66. The van der Waals surface area contributed by atoms with Gasteiger partial charge in [-0.1, -0.05) is 29.3 Å². The second-order valence-electron chi connectivity index (χ2n) is 8.33. The average molecular weight is 568 g/mol. The Kier molecular flexibility index (Phi) is 8.46. The van der Waals surface area contributed by atoms with Crippen LogP contribution in [0.25, 0.3) is 16.6 Å². The summed E-state index contributed by atoms with van der Waals surface area (Å²) in [5.41, 5.74) is 6.36. The van der Waals surface area contributed by atoms with Gasteiger partial charge in [-0.15, -0.1) is 0 Å². The number of benzene rings is 2. The van der Waals surface area contributed by atoms with Crippen LogP contribution in [0.1, 0.15) is 30.8 Å². The van der Waals surface area contributed by atoms with Gasteiger partial charge in [0.1, 0.15) is 35.4 Å². The second kappa shape index (κ2) is 12.0. The van der Waals surface area contributed by atoms with Gasteiger partial charge in [0.25, 0.3) is 5.56 Å². The molecule has 2 amide bonds. The summed E-state index contributed by atoms with van der Waals surface area (Å²) in [6.07, 6.45) is 1.62. The molecular formula is C25H23Cl2N9O3. The number of halogens is 2. The number of nitrogens with one attached hydrogen (secondary N) is 3. The number of nitriles is 1. The number of nitrogens with zero attached hydrogens (tertiary/aromatic N) is 5. The third-order valence-corrected chi connectivity index (χ3v) is 6.28. The van der Waals surface area contributed by atoms with Gasteiger partial charge in [-0.2, -0.15) is 5.26 Å². The number of aliphatic hydroxyl groups excluding tert-OH is 1. The van der Waals surface area contributed by atoms with E-state index in [0.29, 0.717) is 24.3 Å². The number of carbonyl (C=O) groups is 1. The number of urea groups is 1. The van der Waals surface area contributed by atoms with Gasteiger partial charge in [0.05, 0.1) is 32.7 Å². The first-order valence-corrected chi connectivity index (χ1v) is 12.4. The number of carbonyl (C=O) groups excluding carboxylic acids is 1. The Hall–Kier alpha value is -4.44. The molecule has 2 heterocycles. The summed E-state index contributed by atoms with van der Waals surface area (Å²) < 4.78 is 1.34. The highest BCUT2D eigenvalue weighted by atomic mass is 35.5. The number of rotatable bonds is 8. The van der Waals surface area contributed by atoms with E-state index in [1.807, 2.05) is 6.07 Å². The van der Waals surface area contributed by atoms with E-state index >= 15 is 0 Å². The Balaban J connectivity index is 1.85. The molecule has 0 spiro atoms. The van der Waals surface area contributed by atoms with Crippen LogP contribution in [0.3, 0.4) is 0 Å². The van der Waals surface area contributed by atoms with Crippen molar-refractivity contribution in [3.63, 3.8) is 0 Å². The van der Waals surface area contributed by atoms with E-state index in [1.54, 1.807) is 37.3 Å². The minimum atomic E-state index is -0.697.